The second kappa shape index (κ2) is 8.49. The van der Waals surface area contributed by atoms with Crippen LogP contribution in [-0.2, 0) is 4.79 Å². The largest absolute Gasteiger partial charge is 0.324 e. The van der Waals surface area contributed by atoms with E-state index in [4.69, 9.17) is 0 Å². The minimum Gasteiger partial charge on any atom is -0.324 e. The van der Waals surface area contributed by atoms with Gasteiger partial charge in [0.15, 0.2) is 0 Å². The Morgan fingerprint density at radius 2 is 1.74 bits per heavy atom. The molecule has 0 heterocycles. The molecule has 23 heavy (non-hydrogen) atoms. The van der Waals surface area contributed by atoms with Gasteiger partial charge in [0, 0.05) is 11.3 Å². The summed E-state index contributed by atoms with van der Waals surface area (Å²) in [5.41, 5.74) is 3.01. The normalized spacial score (nSPS) is 12.2. The van der Waals surface area contributed by atoms with E-state index in [1.165, 1.54) is 0 Å². The number of carbonyl (C=O) groups is 1. The topological polar surface area (TPSA) is 32.3 Å². The summed E-state index contributed by atoms with van der Waals surface area (Å²) in [4.78, 5) is 14.6. The SMILES string of the molecule is CCCCN(C)C(C)C(=O)Nc1ccccc1-c1ccccc1. The smallest absolute Gasteiger partial charge is 0.241 e. The zero-order valence-corrected chi connectivity index (χ0v) is 14.3. The highest BCUT2D eigenvalue weighted by Crippen LogP contribution is 2.27. The molecule has 0 aromatic heterocycles. The molecule has 0 aliphatic heterocycles. The Morgan fingerprint density at radius 3 is 2.43 bits per heavy atom. The summed E-state index contributed by atoms with van der Waals surface area (Å²) in [6.45, 7) is 5.05. The monoisotopic (exact) mass is 310 g/mol. The molecule has 0 saturated heterocycles. The van der Waals surface area contributed by atoms with Gasteiger partial charge in [0.2, 0.25) is 5.91 Å². The van der Waals surface area contributed by atoms with E-state index in [9.17, 15) is 4.79 Å². The predicted octanol–water partition coefficient (Wildman–Crippen LogP) is 4.41. The Labute approximate surface area is 139 Å². The molecule has 122 valence electrons. The maximum absolute atomic E-state index is 12.5. The fourth-order valence-corrected chi connectivity index (χ4v) is 2.50. The molecular formula is C20H26N2O. The molecule has 0 spiro atoms. The molecule has 0 saturated carbocycles. The van der Waals surface area contributed by atoms with Crippen LogP contribution in [0.2, 0.25) is 0 Å². The molecule has 0 fully saturated rings. The van der Waals surface area contributed by atoms with Crippen molar-refractivity contribution in [1.82, 2.24) is 4.90 Å². The van der Waals surface area contributed by atoms with Gasteiger partial charge in [-0.2, -0.15) is 0 Å². The van der Waals surface area contributed by atoms with Gasteiger partial charge in [-0.25, -0.2) is 0 Å². The van der Waals surface area contributed by atoms with Gasteiger partial charge in [-0.1, -0.05) is 61.9 Å². The summed E-state index contributed by atoms with van der Waals surface area (Å²) in [6.07, 6.45) is 2.24. The van der Waals surface area contributed by atoms with Gasteiger partial charge in [-0.3, -0.25) is 9.69 Å². The van der Waals surface area contributed by atoms with Crippen molar-refractivity contribution >= 4 is 11.6 Å². The van der Waals surface area contributed by atoms with Crippen molar-refractivity contribution in [3.05, 3.63) is 54.6 Å². The number of benzene rings is 2. The zero-order chi connectivity index (χ0) is 16.7. The van der Waals surface area contributed by atoms with Crippen LogP contribution < -0.4 is 5.32 Å². The maximum Gasteiger partial charge on any atom is 0.241 e. The average molecular weight is 310 g/mol. The van der Waals surface area contributed by atoms with E-state index in [1.807, 2.05) is 56.4 Å². The third kappa shape index (κ3) is 4.67. The van der Waals surface area contributed by atoms with Crippen molar-refractivity contribution in [2.75, 3.05) is 18.9 Å². The van der Waals surface area contributed by atoms with Crippen molar-refractivity contribution in [2.45, 2.75) is 32.7 Å². The number of rotatable bonds is 7. The van der Waals surface area contributed by atoms with Crippen molar-refractivity contribution < 1.29 is 4.79 Å². The van der Waals surface area contributed by atoms with Gasteiger partial charge < -0.3 is 5.32 Å². The lowest BCUT2D eigenvalue weighted by Crippen LogP contribution is -2.40. The first kappa shape index (κ1) is 17.2. The molecule has 3 heteroatoms. The fourth-order valence-electron chi connectivity index (χ4n) is 2.50. The third-order valence-corrected chi connectivity index (χ3v) is 4.17. The molecule has 2 aromatic carbocycles. The van der Waals surface area contributed by atoms with Crippen LogP contribution >= 0.6 is 0 Å². The van der Waals surface area contributed by atoms with Gasteiger partial charge in [0.1, 0.15) is 0 Å². The van der Waals surface area contributed by atoms with Crippen LogP contribution in [0.3, 0.4) is 0 Å². The number of hydrogen-bond acceptors (Lipinski definition) is 2. The van der Waals surface area contributed by atoms with Crippen LogP contribution in [0.25, 0.3) is 11.1 Å². The van der Waals surface area contributed by atoms with Gasteiger partial charge >= 0.3 is 0 Å². The van der Waals surface area contributed by atoms with E-state index in [2.05, 4.69) is 29.3 Å². The first-order chi connectivity index (χ1) is 11.1. The number of anilines is 1. The summed E-state index contributed by atoms with van der Waals surface area (Å²) in [7, 11) is 2.00. The fraction of sp³-hybridized carbons (Fsp3) is 0.350. The van der Waals surface area contributed by atoms with Crippen molar-refractivity contribution in [3.8, 4) is 11.1 Å². The summed E-state index contributed by atoms with van der Waals surface area (Å²) in [5, 5.41) is 3.09. The Kier molecular flexibility index (Phi) is 6.36. The number of nitrogens with one attached hydrogen (secondary N) is 1. The Morgan fingerprint density at radius 1 is 1.09 bits per heavy atom. The lowest BCUT2D eigenvalue weighted by Gasteiger charge is -2.24. The van der Waals surface area contributed by atoms with Crippen molar-refractivity contribution in [3.63, 3.8) is 0 Å². The maximum atomic E-state index is 12.5. The molecule has 1 amide bonds. The van der Waals surface area contributed by atoms with E-state index in [1.54, 1.807) is 0 Å². The van der Waals surface area contributed by atoms with Gasteiger partial charge in [-0.05, 0) is 38.6 Å². The van der Waals surface area contributed by atoms with Crippen LogP contribution in [0.1, 0.15) is 26.7 Å². The number of hydrogen-bond donors (Lipinski definition) is 1. The quantitative estimate of drug-likeness (QED) is 0.821. The minimum absolute atomic E-state index is 0.0342. The molecule has 2 aromatic rings. The summed E-state index contributed by atoms with van der Waals surface area (Å²) in [6, 6.07) is 17.9. The number of para-hydroxylation sites is 1. The van der Waals surface area contributed by atoms with E-state index in [0.717, 1.165) is 36.2 Å². The highest BCUT2D eigenvalue weighted by atomic mass is 16.2. The van der Waals surface area contributed by atoms with Gasteiger partial charge in [0.25, 0.3) is 0 Å². The Bertz CT molecular complexity index is 625. The van der Waals surface area contributed by atoms with E-state index >= 15 is 0 Å². The van der Waals surface area contributed by atoms with Crippen LogP contribution in [0.15, 0.2) is 54.6 Å². The molecule has 1 N–H and O–H groups in total. The first-order valence-electron chi connectivity index (χ1n) is 8.29. The van der Waals surface area contributed by atoms with E-state index in [-0.39, 0.29) is 11.9 Å². The number of carbonyl (C=O) groups excluding carboxylic acids is 1. The summed E-state index contributed by atoms with van der Waals surface area (Å²) < 4.78 is 0. The highest BCUT2D eigenvalue weighted by Gasteiger charge is 2.18. The van der Waals surface area contributed by atoms with Crippen molar-refractivity contribution in [1.29, 1.82) is 0 Å². The lowest BCUT2D eigenvalue weighted by molar-refractivity contribution is -0.120. The van der Waals surface area contributed by atoms with E-state index in [0.29, 0.717) is 0 Å². The molecule has 1 atom stereocenters. The molecule has 0 aliphatic rings. The summed E-state index contributed by atoms with van der Waals surface area (Å²) in [5.74, 6) is 0.0342. The average Bonchev–Trinajstić information content (AvgIpc) is 2.60. The van der Waals surface area contributed by atoms with Gasteiger partial charge in [-0.15, -0.1) is 0 Å². The molecule has 0 radical (unpaired) electrons. The molecule has 1 unspecified atom stereocenters. The lowest BCUT2D eigenvalue weighted by atomic mass is 10.0. The van der Waals surface area contributed by atoms with Crippen molar-refractivity contribution in [2.24, 2.45) is 0 Å². The summed E-state index contributed by atoms with van der Waals surface area (Å²) >= 11 is 0. The second-order valence-electron chi connectivity index (χ2n) is 5.91. The number of unbranched alkanes of at least 4 members (excludes halogenated alkanes) is 1. The van der Waals surface area contributed by atoms with Crippen LogP contribution in [0.4, 0.5) is 5.69 Å². The number of amides is 1. The molecule has 2 rings (SSSR count). The Hall–Kier alpha value is -2.13. The molecule has 3 nitrogen and oxygen atoms in total. The van der Waals surface area contributed by atoms with E-state index < -0.39 is 0 Å². The molecular weight excluding hydrogens is 284 g/mol. The standard InChI is InChI=1S/C20H26N2O/c1-4-5-15-22(3)16(2)20(23)21-19-14-10-9-13-18(19)17-11-7-6-8-12-17/h6-14,16H,4-5,15H2,1-3H3,(H,21,23). The number of likely N-dealkylation sites (N-methyl/N-ethyl adjacent to an activating group) is 1. The minimum atomic E-state index is -0.148. The highest BCUT2D eigenvalue weighted by molar-refractivity contribution is 5.98. The van der Waals surface area contributed by atoms with Crippen LogP contribution in [0.5, 0.6) is 0 Å². The zero-order valence-electron chi connectivity index (χ0n) is 14.3. The van der Waals surface area contributed by atoms with Crippen LogP contribution in [-0.4, -0.2) is 30.4 Å². The first-order valence-corrected chi connectivity index (χ1v) is 8.29. The molecule has 0 aliphatic carbocycles. The van der Waals surface area contributed by atoms with Gasteiger partial charge in [0.05, 0.1) is 6.04 Å². The number of nitrogens with zero attached hydrogens (tertiary/aromatic N) is 1. The van der Waals surface area contributed by atoms with Crippen LogP contribution in [0, 0.1) is 0 Å². The molecule has 0 bridgehead atoms. The second-order valence-corrected chi connectivity index (χ2v) is 5.91. The predicted molar refractivity (Wildman–Crippen MR) is 97.5 cm³/mol. The Balaban J connectivity index is 2.13. The third-order valence-electron chi connectivity index (χ3n) is 4.17.